The molecular weight excluding hydrogens is 271 g/mol. The van der Waals surface area contributed by atoms with Crippen LogP contribution in [0.3, 0.4) is 0 Å². The van der Waals surface area contributed by atoms with E-state index in [0.29, 0.717) is 12.1 Å². The van der Waals surface area contributed by atoms with Crippen molar-refractivity contribution in [1.82, 2.24) is 5.06 Å². The number of hydrogen-bond acceptors (Lipinski definition) is 3. The van der Waals surface area contributed by atoms with E-state index in [-0.39, 0.29) is 11.7 Å². The van der Waals surface area contributed by atoms with Gasteiger partial charge in [0.1, 0.15) is 5.82 Å². The summed E-state index contributed by atoms with van der Waals surface area (Å²) in [6.07, 6.45) is 0. The second kappa shape index (κ2) is 6.85. The summed E-state index contributed by atoms with van der Waals surface area (Å²) in [5.74, 6) is -0.452. The fraction of sp³-hybridized carbons (Fsp3) is 0.188. The van der Waals surface area contributed by atoms with Crippen LogP contribution >= 0.6 is 0 Å². The van der Waals surface area contributed by atoms with Gasteiger partial charge in [0, 0.05) is 24.8 Å². The molecule has 2 aromatic rings. The van der Waals surface area contributed by atoms with Crippen LogP contribution in [-0.4, -0.2) is 25.1 Å². The molecule has 4 nitrogen and oxygen atoms in total. The van der Waals surface area contributed by atoms with Crippen molar-refractivity contribution in [2.45, 2.75) is 6.54 Å². The van der Waals surface area contributed by atoms with Crippen molar-refractivity contribution in [3.05, 3.63) is 65.5 Å². The van der Waals surface area contributed by atoms with Crippen molar-refractivity contribution in [2.24, 2.45) is 0 Å². The fourth-order valence-electron chi connectivity index (χ4n) is 1.80. The van der Waals surface area contributed by atoms with E-state index in [0.717, 1.165) is 11.3 Å². The Kier molecular flexibility index (Phi) is 4.90. The lowest BCUT2D eigenvalue weighted by molar-refractivity contribution is -0.0756. The minimum atomic E-state index is -0.246. The van der Waals surface area contributed by atoms with E-state index in [1.165, 1.54) is 24.3 Å². The largest absolute Gasteiger partial charge is 0.381 e. The smallest absolute Gasteiger partial charge is 0.277 e. The van der Waals surface area contributed by atoms with Gasteiger partial charge in [-0.1, -0.05) is 12.1 Å². The molecule has 0 saturated carbocycles. The molecule has 0 heterocycles. The van der Waals surface area contributed by atoms with Crippen molar-refractivity contribution < 1.29 is 14.0 Å². The molecule has 1 N–H and O–H groups in total. The first-order valence-electron chi connectivity index (χ1n) is 6.50. The molecule has 0 radical (unpaired) electrons. The lowest BCUT2D eigenvalue weighted by Crippen LogP contribution is -2.25. The second-order valence-electron chi connectivity index (χ2n) is 4.54. The van der Waals surface area contributed by atoms with Gasteiger partial charge in [-0.15, -0.1) is 0 Å². The molecule has 0 aliphatic carbocycles. The molecule has 110 valence electrons. The first kappa shape index (κ1) is 15.0. The Balaban J connectivity index is 1.96. The molecule has 0 bridgehead atoms. The van der Waals surface area contributed by atoms with E-state index >= 15 is 0 Å². The van der Waals surface area contributed by atoms with Gasteiger partial charge in [0.15, 0.2) is 0 Å². The Labute approximate surface area is 123 Å². The van der Waals surface area contributed by atoms with Gasteiger partial charge < -0.3 is 5.32 Å². The van der Waals surface area contributed by atoms with Crippen LogP contribution in [0.5, 0.6) is 0 Å². The highest BCUT2D eigenvalue weighted by Crippen LogP contribution is 2.13. The normalized spacial score (nSPS) is 10.2. The number of hydroxylamine groups is 2. The third-order valence-electron chi connectivity index (χ3n) is 3.10. The number of anilines is 1. The SMILES string of the molecule is CON(C)C(=O)c1ccc(NCc2ccc(F)cc2)cc1. The predicted octanol–water partition coefficient (Wildman–Crippen LogP) is 3.07. The Bertz CT molecular complexity index is 597. The van der Waals surface area contributed by atoms with Gasteiger partial charge in [0.05, 0.1) is 7.11 Å². The number of nitrogens with one attached hydrogen (secondary N) is 1. The molecule has 0 unspecified atom stereocenters. The van der Waals surface area contributed by atoms with Crippen LogP contribution in [0.2, 0.25) is 0 Å². The van der Waals surface area contributed by atoms with E-state index in [2.05, 4.69) is 5.32 Å². The number of halogens is 1. The predicted molar refractivity (Wildman–Crippen MR) is 79.3 cm³/mol. The summed E-state index contributed by atoms with van der Waals surface area (Å²) < 4.78 is 12.8. The number of benzene rings is 2. The van der Waals surface area contributed by atoms with E-state index in [1.54, 1.807) is 31.3 Å². The summed E-state index contributed by atoms with van der Waals surface area (Å²) in [4.78, 5) is 16.7. The van der Waals surface area contributed by atoms with Crippen molar-refractivity contribution in [3.8, 4) is 0 Å². The maximum atomic E-state index is 12.8. The molecule has 0 saturated heterocycles. The lowest BCUT2D eigenvalue weighted by atomic mass is 10.2. The molecule has 21 heavy (non-hydrogen) atoms. The van der Waals surface area contributed by atoms with Gasteiger partial charge in [-0.2, -0.15) is 0 Å². The molecule has 0 spiro atoms. The lowest BCUT2D eigenvalue weighted by Gasteiger charge is -2.14. The van der Waals surface area contributed by atoms with Gasteiger partial charge in [0.2, 0.25) is 0 Å². The quantitative estimate of drug-likeness (QED) is 0.860. The summed E-state index contributed by atoms with van der Waals surface area (Å²) in [5.41, 5.74) is 2.42. The molecule has 0 aliphatic heterocycles. The van der Waals surface area contributed by atoms with Gasteiger partial charge >= 0.3 is 0 Å². The molecule has 0 atom stereocenters. The van der Waals surface area contributed by atoms with Crippen molar-refractivity contribution in [1.29, 1.82) is 0 Å². The number of amides is 1. The Morgan fingerprint density at radius 2 is 1.76 bits per heavy atom. The fourth-order valence-corrected chi connectivity index (χ4v) is 1.80. The minimum Gasteiger partial charge on any atom is -0.381 e. The van der Waals surface area contributed by atoms with E-state index in [1.807, 2.05) is 12.1 Å². The summed E-state index contributed by atoms with van der Waals surface area (Å²) in [6.45, 7) is 0.589. The van der Waals surface area contributed by atoms with Gasteiger partial charge in [-0.3, -0.25) is 9.63 Å². The zero-order valence-electron chi connectivity index (χ0n) is 12.0. The van der Waals surface area contributed by atoms with Gasteiger partial charge in [0.25, 0.3) is 5.91 Å². The van der Waals surface area contributed by atoms with E-state index in [9.17, 15) is 9.18 Å². The zero-order chi connectivity index (χ0) is 15.2. The number of hydrogen-bond donors (Lipinski definition) is 1. The van der Waals surface area contributed by atoms with Crippen molar-refractivity contribution in [2.75, 3.05) is 19.5 Å². The Morgan fingerprint density at radius 3 is 2.33 bits per heavy atom. The maximum Gasteiger partial charge on any atom is 0.277 e. The Morgan fingerprint density at radius 1 is 1.14 bits per heavy atom. The molecule has 0 aliphatic rings. The van der Waals surface area contributed by atoms with Crippen LogP contribution < -0.4 is 5.32 Å². The third kappa shape index (κ3) is 4.03. The highest BCUT2D eigenvalue weighted by atomic mass is 19.1. The topological polar surface area (TPSA) is 41.6 Å². The molecule has 0 aromatic heterocycles. The van der Waals surface area contributed by atoms with E-state index < -0.39 is 0 Å². The maximum absolute atomic E-state index is 12.8. The van der Waals surface area contributed by atoms with Gasteiger partial charge in [-0.05, 0) is 42.0 Å². The highest BCUT2D eigenvalue weighted by molar-refractivity contribution is 5.93. The molecule has 5 heteroatoms. The number of carbonyl (C=O) groups is 1. The number of carbonyl (C=O) groups excluding carboxylic acids is 1. The van der Waals surface area contributed by atoms with Crippen LogP contribution in [0.25, 0.3) is 0 Å². The summed E-state index contributed by atoms with van der Waals surface area (Å²) in [6, 6.07) is 13.4. The zero-order valence-corrected chi connectivity index (χ0v) is 12.0. The van der Waals surface area contributed by atoms with Crippen LogP contribution in [0.15, 0.2) is 48.5 Å². The van der Waals surface area contributed by atoms with Gasteiger partial charge in [-0.25, -0.2) is 9.45 Å². The summed E-state index contributed by atoms with van der Waals surface area (Å²) in [5, 5.41) is 4.38. The molecule has 0 fully saturated rings. The monoisotopic (exact) mass is 288 g/mol. The molecule has 2 rings (SSSR count). The molecule has 2 aromatic carbocycles. The summed E-state index contributed by atoms with van der Waals surface area (Å²) >= 11 is 0. The molecule has 1 amide bonds. The van der Waals surface area contributed by atoms with Crippen LogP contribution in [0.1, 0.15) is 15.9 Å². The Hall–Kier alpha value is -2.40. The number of rotatable bonds is 5. The summed E-state index contributed by atoms with van der Waals surface area (Å²) in [7, 11) is 3.00. The highest BCUT2D eigenvalue weighted by Gasteiger charge is 2.10. The second-order valence-corrected chi connectivity index (χ2v) is 4.54. The van der Waals surface area contributed by atoms with Crippen LogP contribution in [-0.2, 0) is 11.4 Å². The third-order valence-corrected chi connectivity index (χ3v) is 3.10. The molecular formula is C16H17FN2O2. The van der Waals surface area contributed by atoms with Crippen LogP contribution in [0.4, 0.5) is 10.1 Å². The first-order valence-corrected chi connectivity index (χ1v) is 6.50. The average Bonchev–Trinajstić information content (AvgIpc) is 2.53. The van der Waals surface area contributed by atoms with Crippen LogP contribution in [0, 0.1) is 5.82 Å². The first-order chi connectivity index (χ1) is 10.1. The standard InChI is InChI=1S/C16H17FN2O2/c1-19(21-2)16(20)13-5-9-15(10-6-13)18-11-12-3-7-14(17)8-4-12/h3-10,18H,11H2,1-2H3. The van der Waals surface area contributed by atoms with Crippen molar-refractivity contribution in [3.63, 3.8) is 0 Å². The average molecular weight is 288 g/mol. The number of nitrogens with zero attached hydrogens (tertiary/aromatic N) is 1. The van der Waals surface area contributed by atoms with Crippen molar-refractivity contribution >= 4 is 11.6 Å². The van der Waals surface area contributed by atoms with E-state index in [4.69, 9.17) is 4.84 Å². The minimum absolute atomic E-state index is 0.206.